The van der Waals surface area contributed by atoms with Gasteiger partial charge in [-0.1, -0.05) is 30.3 Å². The molecule has 44 heavy (non-hydrogen) atoms. The van der Waals surface area contributed by atoms with Crippen LogP contribution in [0.25, 0.3) is 22.1 Å². The molecule has 0 saturated carbocycles. The molecular formula is C35H32FN3O5. The number of fused-ring (bicyclic) bond motifs is 1. The average Bonchev–Trinajstić information content (AvgIpc) is 3.40. The van der Waals surface area contributed by atoms with Gasteiger partial charge in [0.05, 0.1) is 37.3 Å². The molecule has 1 aliphatic heterocycles. The number of ether oxygens (including phenoxy) is 2. The number of furan rings is 1. The van der Waals surface area contributed by atoms with E-state index in [4.69, 9.17) is 13.9 Å². The zero-order chi connectivity index (χ0) is 30.6. The molecule has 0 aliphatic carbocycles. The molecule has 1 N–H and O–H groups in total. The molecule has 1 amide bonds. The van der Waals surface area contributed by atoms with Crippen molar-refractivity contribution in [2.24, 2.45) is 0 Å². The Morgan fingerprint density at radius 1 is 1.00 bits per heavy atom. The Kier molecular flexibility index (Phi) is 8.38. The predicted octanol–water partition coefficient (Wildman–Crippen LogP) is 7.17. The van der Waals surface area contributed by atoms with Crippen molar-refractivity contribution in [3.05, 3.63) is 113 Å². The number of carbonyl (C=O) groups excluding carboxylic acids is 2. The van der Waals surface area contributed by atoms with Gasteiger partial charge in [0.2, 0.25) is 0 Å². The summed E-state index contributed by atoms with van der Waals surface area (Å²) < 4.78 is 30.2. The molecule has 3 heterocycles. The third-order valence-electron chi connectivity index (χ3n) is 7.93. The summed E-state index contributed by atoms with van der Waals surface area (Å²) in [5, 5.41) is 3.72. The molecule has 0 radical (unpaired) electrons. The maximum Gasteiger partial charge on any atom is 0.337 e. The summed E-state index contributed by atoms with van der Waals surface area (Å²) >= 11 is 0. The van der Waals surface area contributed by atoms with E-state index in [0.29, 0.717) is 23.4 Å². The van der Waals surface area contributed by atoms with E-state index in [2.05, 4.69) is 15.2 Å². The number of nitrogens with zero attached hydrogens (tertiary/aromatic N) is 2. The summed E-state index contributed by atoms with van der Waals surface area (Å²) in [7, 11) is 1.37. The molecule has 0 unspecified atom stereocenters. The zero-order valence-corrected chi connectivity index (χ0v) is 24.5. The molecule has 9 heteroatoms. The van der Waals surface area contributed by atoms with Gasteiger partial charge >= 0.3 is 5.97 Å². The Hall–Kier alpha value is -5.02. The number of amides is 1. The van der Waals surface area contributed by atoms with E-state index in [0.717, 1.165) is 59.4 Å². The summed E-state index contributed by atoms with van der Waals surface area (Å²) in [6.07, 6.45) is 3.47. The van der Waals surface area contributed by atoms with Gasteiger partial charge in [-0.25, -0.2) is 14.2 Å². The number of esters is 1. The van der Waals surface area contributed by atoms with Crippen molar-refractivity contribution in [3.8, 4) is 11.1 Å². The lowest BCUT2D eigenvalue weighted by atomic mass is 10.0. The average molecular weight is 594 g/mol. The first-order valence-electron chi connectivity index (χ1n) is 14.5. The van der Waals surface area contributed by atoms with Crippen LogP contribution in [0.4, 0.5) is 15.9 Å². The molecule has 6 rings (SSSR count). The van der Waals surface area contributed by atoms with E-state index in [1.54, 1.807) is 30.5 Å². The SMILES string of the molecule is COC(=O)c1cccc(COC2CCN(c3ccc(NC(=O)c4oc5ccc(-c6ccc(F)cc6)cc5c4C)cn3)CC2)c1. The van der Waals surface area contributed by atoms with Crippen molar-refractivity contribution in [2.75, 3.05) is 30.4 Å². The minimum Gasteiger partial charge on any atom is -0.465 e. The number of aryl methyl sites for hydroxylation is 1. The Bertz CT molecular complexity index is 1790. The Morgan fingerprint density at radius 2 is 1.77 bits per heavy atom. The normalized spacial score (nSPS) is 13.7. The number of nitrogens with one attached hydrogen (secondary N) is 1. The van der Waals surface area contributed by atoms with Gasteiger partial charge in [0, 0.05) is 24.0 Å². The van der Waals surface area contributed by atoms with Crippen LogP contribution >= 0.6 is 0 Å². The summed E-state index contributed by atoms with van der Waals surface area (Å²) in [5.41, 5.74) is 5.14. The number of methoxy groups -OCH3 is 1. The third-order valence-corrected chi connectivity index (χ3v) is 7.93. The van der Waals surface area contributed by atoms with E-state index >= 15 is 0 Å². The van der Waals surface area contributed by atoms with Crippen molar-refractivity contribution < 1.29 is 27.9 Å². The van der Waals surface area contributed by atoms with Crippen molar-refractivity contribution >= 4 is 34.4 Å². The molecule has 1 fully saturated rings. The summed E-state index contributed by atoms with van der Waals surface area (Å²) in [4.78, 5) is 31.7. The molecule has 2 aromatic heterocycles. The number of anilines is 2. The maximum absolute atomic E-state index is 13.4. The van der Waals surface area contributed by atoms with Crippen LogP contribution in [0.15, 0.2) is 89.5 Å². The number of hydrogen-bond acceptors (Lipinski definition) is 7. The minimum atomic E-state index is -0.360. The highest BCUT2D eigenvalue weighted by atomic mass is 19.1. The fourth-order valence-electron chi connectivity index (χ4n) is 5.47. The van der Waals surface area contributed by atoms with E-state index < -0.39 is 0 Å². The topological polar surface area (TPSA) is 93.9 Å². The predicted molar refractivity (Wildman–Crippen MR) is 166 cm³/mol. The third kappa shape index (κ3) is 6.33. The number of rotatable bonds is 8. The van der Waals surface area contributed by atoms with Gasteiger partial charge in [0.15, 0.2) is 5.76 Å². The second kappa shape index (κ2) is 12.7. The number of halogens is 1. The Labute approximate surface area is 254 Å². The number of hydrogen-bond donors (Lipinski definition) is 1. The monoisotopic (exact) mass is 593 g/mol. The van der Waals surface area contributed by atoms with Crippen LogP contribution in [0.5, 0.6) is 0 Å². The van der Waals surface area contributed by atoms with Crippen LogP contribution in [0, 0.1) is 12.7 Å². The fourth-order valence-corrected chi connectivity index (χ4v) is 5.47. The smallest absolute Gasteiger partial charge is 0.337 e. The van der Waals surface area contributed by atoms with Crippen LogP contribution in [0.1, 0.15) is 44.9 Å². The molecule has 0 bridgehead atoms. The second-order valence-corrected chi connectivity index (χ2v) is 10.8. The van der Waals surface area contributed by atoms with Crippen LogP contribution in [0.2, 0.25) is 0 Å². The van der Waals surface area contributed by atoms with Gasteiger partial charge in [-0.15, -0.1) is 0 Å². The molecule has 0 spiro atoms. The van der Waals surface area contributed by atoms with Crippen LogP contribution in [-0.2, 0) is 16.1 Å². The van der Waals surface area contributed by atoms with Crippen LogP contribution in [-0.4, -0.2) is 43.2 Å². The minimum absolute atomic E-state index is 0.116. The lowest BCUT2D eigenvalue weighted by molar-refractivity contribution is 0.0250. The molecule has 3 aromatic carbocycles. The Balaban J connectivity index is 1.04. The maximum atomic E-state index is 13.4. The Morgan fingerprint density at radius 3 is 2.50 bits per heavy atom. The molecule has 1 aliphatic rings. The van der Waals surface area contributed by atoms with Gasteiger partial charge in [0.25, 0.3) is 5.91 Å². The fraction of sp³-hybridized carbons (Fsp3) is 0.229. The van der Waals surface area contributed by atoms with Crippen molar-refractivity contribution in [1.82, 2.24) is 4.98 Å². The highest BCUT2D eigenvalue weighted by Gasteiger charge is 2.22. The van der Waals surface area contributed by atoms with Crippen molar-refractivity contribution in [2.45, 2.75) is 32.5 Å². The summed E-state index contributed by atoms with van der Waals surface area (Å²) in [5.74, 6) is 0.0655. The lowest BCUT2D eigenvalue weighted by Crippen LogP contribution is -2.37. The van der Waals surface area contributed by atoms with Crippen molar-refractivity contribution in [1.29, 1.82) is 0 Å². The standard InChI is InChI=1S/C35H32FN3O5/c1-22-30-19-25(24-6-9-27(36)10-7-24)8-12-31(30)44-33(22)34(40)38-28-11-13-32(37-20-28)39-16-14-29(15-17-39)43-21-23-4-3-5-26(18-23)35(41)42-2/h3-13,18-20,29H,14-17,21H2,1-2H3,(H,38,40). The van der Waals surface area contributed by atoms with E-state index in [1.807, 2.05) is 49.4 Å². The van der Waals surface area contributed by atoms with Crippen molar-refractivity contribution in [3.63, 3.8) is 0 Å². The second-order valence-electron chi connectivity index (χ2n) is 10.8. The van der Waals surface area contributed by atoms with E-state index in [-0.39, 0.29) is 29.6 Å². The number of aromatic nitrogens is 1. The van der Waals surface area contributed by atoms with Gasteiger partial charge in [-0.3, -0.25) is 4.79 Å². The van der Waals surface area contributed by atoms with E-state index in [9.17, 15) is 14.0 Å². The molecule has 5 aromatic rings. The number of pyridine rings is 1. The number of piperidine rings is 1. The molecule has 8 nitrogen and oxygen atoms in total. The molecule has 224 valence electrons. The number of carbonyl (C=O) groups is 2. The van der Waals surface area contributed by atoms with Crippen LogP contribution in [0.3, 0.4) is 0 Å². The molecule has 1 saturated heterocycles. The summed E-state index contributed by atoms with van der Waals surface area (Å²) in [6.45, 7) is 3.87. The highest BCUT2D eigenvalue weighted by molar-refractivity contribution is 6.06. The first-order valence-corrected chi connectivity index (χ1v) is 14.5. The number of benzene rings is 3. The quantitative estimate of drug-likeness (QED) is 0.191. The first-order chi connectivity index (χ1) is 21.4. The van der Waals surface area contributed by atoms with Gasteiger partial charge in [-0.2, -0.15) is 0 Å². The largest absolute Gasteiger partial charge is 0.465 e. The lowest BCUT2D eigenvalue weighted by Gasteiger charge is -2.32. The van der Waals surface area contributed by atoms with Gasteiger partial charge in [0.1, 0.15) is 17.2 Å². The zero-order valence-electron chi connectivity index (χ0n) is 24.5. The van der Waals surface area contributed by atoms with E-state index in [1.165, 1.54) is 19.2 Å². The highest BCUT2D eigenvalue weighted by Crippen LogP contribution is 2.31. The molecular weight excluding hydrogens is 561 g/mol. The van der Waals surface area contributed by atoms with Crippen LogP contribution < -0.4 is 10.2 Å². The van der Waals surface area contributed by atoms with Gasteiger partial charge in [-0.05, 0) is 85.0 Å². The summed E-state index contributed by atoms with van der Waals surface area (Å²) in [6, 6.07) is 23.0. The first kappa shape index (κ1) is 29.1. The van der Waals surface area contributed by atoms with Gasteiger partial charge < -0.3 is 24.1 Å². The molecule has 0 atom stereocenters.